The van der Waals surface area contributed by atoms with Crippen molar-refractivity contribution < 1.29 is 19.7 Å². The number of halogens is 1. The summed E-state index contributed by atoms with van der Waals surface area (Å²) in [5.74, 6) is 0.256. The number of aromatic carboxylic acids is 1. The first-order chi connectivity index (χ1) is 13.9. The molecule has 0 bridgehead atoms. The minimum atomic E-state index is -1.00. The number of benzene rings is 1. The van der Waals surface area contributed by atoms with Gasteiger partial charge in [0, 0.05) is 46.7 Å². The Hall–Kier alpha value is -2.77. The van der Waals surface area contributed by atoms with Crippen molar-refractivity contribution in [2.75, 3.05) is 25.1 Å². The number of aliphatic hydroxyl groups excluding tert-OH is 1. The van der Waals surface area contributed by atoms with Gasteiger partial charge in [-0.3, -0.25) is 0 Å². The number of hydrogen-bond donors (Lipinski definition) is 3. The molecule has 1 spiro atoms. The van der Waals surface area contributed by atoms with Crippen LogP contribution in [0.4, 0.5) is 5.82 Å². The van der Waals surface area contributed by atoms with Crippen LogP contribution in [0.3, 0.4) is 0 Å². The average molecular weight is 414 g/mol. The largest absolute Gasteiger partial charge is 0.480 e. The highest BCUT2D eigenvalue weighted by atomic mass is 35.5. The molecular formula is C21H20ClN3O4. The number of rotatable bonds is 4. The minimum absolute atomic E-state index is 0.164. The highest BCUT2D eigenvalue weighted by Gasteiger charge is 2.52. The summed E-state index contributed by atoms with van der Waals surface area (Å²) in [6.45, 7) is 1.77. The van der Waals surface area contributed by atoms with Crippen LogP contribution >= 0.6 is 11.6 Å². The summed E-state index contributed by atoms with van der Waals surface area (Å²) in [4.78, 5) is 21.3. The van der Waals surface area contributed by atoms with E-state index in [2.05, 4.69) is 14.9 Å². The molecule has 0 unspecified atom stereocenters. The zero-order chi connectivity index (χ0) is 20.3. The van der Waals surface area contributed by atoms with Gasteiger partial charge in [-0.25, -0.2) is 4.79 Å². The quantitative estimate of drug-likeness (QED) is 0.605. The van der Waals surface area contributed by atoms with E-state index in [1.165, 1.54) is 6.20 Å². The molecule has 2 aromatic heterocycles. The van der Waals surface area contributed by atoms with Gasteiger partial charge in [0.1, 0.15) is 5.82 Å². The van der Waals surface area contributed by atoms with Gasteiger partial charge in [-0.2, -0.15) is 4.98 Å². The van der Waals surface area contributed by atoms with Gasteiger partial charge in [-0.1, -0.05) is 11.6 Å². The second-order valence-corrected chi connectivity index (χ2v) is 8.44. The summed E-state index contributed by atoms with van der Waals surface area (Å²) >= 11 is 6.49. The SMILES string of the molecule is COc1nc(N2CC3(CC(O)C3)C2)ccc1-c1cc2c(C(=O)O)c[nH]c2cc1Cl. The third-order valence-corrected chi connectivity index (χ3v) is 6.36. The lowest BCUT2D eigenvalue weighted by atomic mass is 9.62. The number of pyridine rings is 1. The first-order valence-electron chi connectivity index (χ1n) is 9.41. The number of anilines is 1. The zero-order valence-corrected chi connectivity index (χ0v) is 16.5. The van der Waals surface area contributed by atoms with E-state index in [0.717, 1.165) is 31.7 Å². The summed E-state index contributed by atoms with van der Waals surface area (Å²) in [6, 6.07) is 7.30. The molecule has 3 heterocycles. The summed E-state index contributed by atoms with van der Waals surface area (Å²) in [5, 5.41) is 20.1. The molecule has 1 aliphatic heterocycles. The van der Waals surface area contributed by atoms with Gasteiger partial charge >= 0.3 is 5.97 Å². The third-order valence-electron chi connectivity index (χ3n) is 6.04. The van der Waals surface area contributed by atoms with Crippen LogP contribution in [0.2, 0.25) is 5.02 Å². The molecule has 2 aliphatic rings. The topological polar surface area (TPSA) is 98.7 Å². The molecule has 5 rings (SSSR count). The molecule has 0 amide bonds. The van der Waals surface area contributed by atoms with Crippen LogP contribution in [-0.4, -0.2) is 52.5 Å². The summed E-state index contributed by atoms with van der Waals surface area (Å²) in [6.07, 6.45) is 3.01. The first-order valence-corrected chi connectivity index (χ1v) is 9.79. The number of nitrogens with zero attached hydrogens (tertiary/aromatic N) is 2. The number of carboxylic acid groups (broad SMARTS) is 1. The van der Waals surface area contributed by atoms with E-state index in [-0.39, 0.29) is 17.1 Å². The van der Waals surface area contributed by atoms with Gasteiger partial charge in [0.25, 0.3) is 0 Å². The lowest BCUT2D eigenvalue weighted by molar-refractivity contribution is -0.0494. The van der Waals surface area contributed by atoms with Crippen molar-refractivity contribution in [2.24, 2.45) is 5.41 Å². The number of carbonyl (C=O) groups is 1. The van der Waals surface area contributed by atoms with Gasteiger partial charge in [0.05, 0.1) is 23.8 Å². The van der Waals surface area contributed by atoms with Crippen molar-refractivity contribution >= 4 is 34.3 Å². The standard InChI is InChI=1S/C21H20ClN3O4/c1-29-19-12(2-3-18(24-19)25-9-21(10-25)6-11(26)7-21)13-4-14-15(20(27)28)8-23-17(14)5-16(13)22/h2-5,8,11,23,26H,6-7,9-10H2,1H3,(H,27,28). The van der Waals surface area contributed by atoms with Crippen LogP contribution in [0.25, 0.3) is 22.0 Å². The number of fused-ring (bicyclic) bond motifs is 1. The molecule has 1 saturated carbocycles. The van der Waals surface area contributed by atoms with Crippen LogP contribution in [0.15, 0.2) is 30.5 Å². The minimum Gasteiger partial charge on any atom is -0.480 e. The number of hydrogen-bond acceptors (Lipinski definition) is 5. The molecule has 1 saturated heterocycles. The molecule has 0 atom stereocenters. The van der Waals surface area contributed by atoms with Crippen molar-refractivity contribution in [3.05, 3.63) is 41.0 Å². The maximum atomic E-state index is 11.5. The van der Waals surface area contributed by atoms with Crippen LogP contribution < -0.4 is 9.64 Å². The highest BCUT2D eigenvalue weighted by Crippen LogP contribution is 2.49. The molecule has 2 fully saturated rings. The Morgan fingerprint density at radius 2 is 2.07 bits per heavy atom. The Balaban J connectivity index is 1.50. The van der Waals surface area contributed by atoms with Gasteiger partial charge in [-0.05, 0) is 37.1 Å². The Kier molecular flexibility index (Phi) is 4.01. The van der Waals surface area contributed by atoms with Gasteiger partial charge in [0.2, 0.25) is 5.88 Å². The monoisotopic (exact) mass is 413 g/mol. The molecule has 1 aromatic carbocycles. The van der Waals surface area contributed by atoms with Crippen molar-refractivity contribution in [2.45, 2.75) is 18.9 Å². The fourth-order valence-electron chi connectivity index (χ4n) is 4.62. The van der Waals surface area contributed by atoms with Gasteiger partial charge in [0.15, 0.2) is 0 Å². The van der Waals surface area contributed by atoms with Crippen LogP contribution in [0, 0.1) is 5.41 Å². The molecule has 150 valence electrons. The summed E-state index contributed by atoms with van der Waals surface area (Å²) < 4.78 is 5.53. The molecule has 8 heteroatoms. The second kappa shape index (κ2) is 6.37. The predicted molar refractivity (Wildman–Crippen MR) is 110 cm³/mol. The van der Waals surface area contributed by atoms with Crippen molar-refractivity contribution in [1.82, 2.24) is 9.97 Å². The van der Waals surface area contributed by atoms with Crippen molar-refractivity contribution in [1.29, 1.82) is 0 Å². The van der Waals surface area contributed by atoms with E-state index in [1.54, 1.807) is 19.2 Å². The number of H-pyrrole nitrogens is 1. The number of ether oxygens (including phenoxy) is 1. The molecule has 7 nitrogen and oxygen atoms in total. The van der Waals surface area contributed by atoms with Gasteiger partial charge < -0.3 is 24.8 Å². The fraction of sp³-hybridized carbons (Fsp3) is 0.333. The molecular weight excluding hydrogens is 394 g/mol. The molecule has 29 heavy (non-hydrogen) atoms. The second-order valence-electron chi connectivity index (χ2n) is 8.03. The van der Waals surface area contributed by atoms with Crippen molar-refractivity contribution in [3.8, 4) is 17.0 Å². The fourth-order valence-corrected chi connectivity index (χ4v) is 4.88. The van der Waals surface area contributed by atoms with E-state index in [9.17, 15) is 15.0 Å². The third kappa shape index (κ3) is 2.84. The Morgan fingerprint density at radius 3 is 2.72 bits per heavy atom. The van der Waals surface area contributed by atoms with Crippen LogP contribution in [-0.2, 0) is 0 Å². The Bertz CT molecular complexity index is 1130. The lowest BCUT2D eigenvalue weighted by Gasteiger charge is -2.58. The predicted octanol–water partition coefficient (Wildman–Crippen LogP) is 3.55. The summed E-state index contributed by atoms with van der Waals surface area (Å²) in [7, 11) is 1.56. The maximum Gasteiger partial charge on any atom is 0.337 e. The van der Waals surface area contributed by atoms with Crippen LogP contribution in [0.1, 0.15) is 23.2 Å². The smallest absolute Gasteiger partial charge is 0.337 e. The Labute approximate surface area is 171 Å². The normalized spacial score (nSPS) is 18.0. The lowest BCUT2D eigenvalue weighted by Crippen LogP contribution is -2.64. The molecule has 0 radical (unpaired) electrons. The van der Waals surface area contributed by atoms with E-state index >= 15 is 0 Å². The van der Waals surface area contributed by atoms with Crippen molar-refractivity contribution in [3.63, 3.8) is 0 Å². The molecule has 1 aliphatic carbocycles. The van der Waals surface area contributed by atoms with Gasteiger partial charge in [-0.15, -0.1) is 0 Å². The number of nitrogens with one attached hydrogen (secondary N) is 1. The summed E-state index contributed by atoms with van der Waals surface area (Å²) in [5.41, 5.74) is 2.46. The van der Waals surface area contributed by atoms with E-state index in [0.29, 0.717) is 32.9 Å². The van der Waals surface area contributed by atoms with E-state index < -0.39 is 5.97 Å². The average Bonchev–Trinajstić information content (AvgIpc) is 3.05. The number of methoxy groups -OCH3 is 1. The number of aromatic amines is 1. The van der Waals surface area contributed by atoms with E-state index in [4.69, 9.17) is 16.3 Å². The number of carboxylic acids is 1. The molecule has 3 aromatic rings. The number of aromatic nitrogens is 2. The molecule has 3 N–H and O–H groups in total. The zero-order valence-electron chi connectivity index (χ0n) is 15.8. The number of aliphatic hydroxyl groups is 1. The van der Waals surface area contributed by atoms with Crippen LogP contribution in [0.5, 0.6) is 5.88 Å². The highest BCUT2D eigenvalue weighted by molar-refractivity contribution is 6.34. The maximum absolute atomic E-state index is 11.5. The Morgan fingerprint density at radius 1 is 1.31 bits per heavy atom. The first kappa shape index (κ1) is 18.3. The van der Waals surface area contributed by atoms with E-state index in [1.807, 2.05) is 12.1 Å².